The predicted molar refractivity (Wildman–Crippen MR) is 246 cm³/mol. The first kappa shape index (κ1) is 47.3. The van der Waals surface area contributed by atoms with Gasteiger partial charge in [-0.25, -0.2) is 21.6 Å². The SMILES string of the molecule is O=C(NS(=O)(=O)c1ccc(N[C@H](CCN2CCNCC2)CSc2ccccc2)c(S(=O)(=O)C(F)(F)F)c1)c1ccc(N2CCC(C(O)c3ccccc3-c3ccc(Cl)cc3)CC2)cc1. The first-order valence-electron chi connectivity index (χ1n) is 20.9. The number of aliphatic hydroxyl groups is 1. The van der Waals surface area contributed by atoms with Crippen LogP contribution < -0.4 is 20.3 Å². The smallest absolute Gasteiger partial charge is 0.388 e. The molecule has 2 aliphatic rings. The highest BCUT2D eigenvalue weighted by Gasteiger charge is 2.48. The quantitative estimate of drug-likeness (QED) is 0.0710. The van der Waals surface area contributed by atoms with E-state index in [1.165, 1.54) is 23.9 Å². The van der Waals surface area contributed by atoms with Crippen molar-refractivity contribution in [1.29, 1.82) is 0 Å². The van der Waals surface area contributed by atoms with E-state index < -0.39 is 58.9 Å². The lowest BCUT2D eigenvalue weighted by molar-refractivity contribution is -0.0435. The molecule has 2 saturated heterocycles. The number of amides is 1. The fourth-order valence-corrected chi connectivity index (χ4v) is 11.1. The maximum Gasteiger partial charge on any atom is 0.501 e. The number of anilines is 2. The van der Waals surface area contributed by atoms with E-state index in [0.29, 0.717) is 55.7 Å². The van der Waals surface area contributed by atoms with E-state index in [-0.39, 0.29) is 11.5 Å². The monoisotopic (exact) mass is 955 g/mol. The summed E-state index contributed by atoms with van der Waals surface area (Å²) < 4.78 is 97.5. The Kier molecular flexibility index (Phi) is 15.3. The molecule has 2 atom stereocenters. The molecule has 5 aromatic rings. The van der Waals surface area contributed by atoms with Gasteiger partial charge >= 0.3 is 5.51 Å². The molecule has 0 saturated carbocycles. The summed E-state index contributed by atoms with van der Waals surface area (Å²) >= 11 is 7.55. The van der Waals surface area contributed by atoms with Gasteiger partial charge in [0, 0.05) is 78.8 Å². The van der Waals surface area contributed by atoms with Gasteiger partial charge in [0.25, 0.3) is 25.8 Å². The van der Waals surface area contributed by atoms with Crippen LogP contribution in [-0.2, 0) is 19.9 Å². The number of aliphatic hydroxyl groups excluding tert-OH is 1. The van der Waals surface area contributed by atoms with Crippen LogP contribution in [0.2, 0.25) is 5.02 Å². The highest BCUT2D eigenvalue weighted by atomic mass is 35.5. The lowest BCUT2D eigenvalue weighted by Gasteiger charge is -2.36. The fraction of sp³-hybridized carbons (Fsp3) is 0.326. The molecule has 0 aromatic heterocycles. The van der Waals surface area contributed by atoms with Crippen LogP contribution in [0.5, 0.6) is 0 Å². The Hall–Kier alpha value is -4.62. The number of hydrogen-bond donors (Lipinski definition) is 4. The maximum absolute atomic E-state index is 14.2. The minimum Gasteiger partial charge on any atom is -0.388 e. The van der Waals surface area contributed by atoms with Crippen molar-refractivity contribution in [3.8, 4) is 11.1 Å². The number of rotatable bonds is 16. The van der Waals surface area contributed by atoms with Gasteiger partial charge in [0.2, 0.25) is 0 Å². The van der Waals surface area contributed by atoms with Gasteiger partial charge in [-0.3, -0.25) is 4.79 Å². The normalized spacial score (nSPS) is 16.5. The third-order valence-corrected chi connectivity index (χ3v) is 15.8. The fourth-order valence-electron chi connectivity index (χ4n) is 7.98. The number of hydrogen-bond acceptors (Lipinski definition) is 11. The van der Waals surface area contributed by atoms with E-state index in [2.05, 4.69) is 20.4 Å². The van der Waals surface area contributed by atoms with E-state index in [1.54, 1.807) is 12.1 Å². The van der Waals surface area contributed by atoms with Gasteiger partial charge in [-0.1, -0.05) is 66.2 Å². The Bertz CT molecular complexity index is 2590. The van der Waals surface area contributed by atoms with E-state index in [1.807, 2.05) is 83.6 Å². The molecule has 5 aromatic carbocycles. The van der Waals surface area contributed by atoms with Gasteiger partial charge < -0.3 is 25.5 Å². The number of carbonyl (C=O) groups excluding carboxylic acids is 1. The molecule has 18 heteroatoms. The van der Waals surface area contributed by atoms with Crippen molar-refractivity contribution >= 4 is 60.5 Å². The summed E-state index contributed by atoms with van der Waals surface area (Å²) in [7, 11) is -10.9. The summed E-state index contributed by atoms with van der Waals surface area (Å²) in [6.07, 6.45) is 1.12. The van der Waals surface area contributed by atoms with E-state index in [0.717, 1.165) is 65.6 Å². The second-order valence-corrected chi connectivity index (χ2v) is 20.9. The van der Waals surface area contributed by atoms with Crippen molar-refractivity contribution in [2.45, 2.75) is 51.6 Å². The highest BCUT2D eigenvalue weighted by Crippen LogP contribution is 2.39. The largest absolute Gasteiger partial charge is 0.501 e. The third-order valence-electron chi connectivity index (χ3n) is 11.6. The lowest BCUT2D eigenvalue weighted by Crippen LogP contribution is -2.44. The Labute approximate surface area is 381 Å². The molecular weight excluding hydrogens is 907 g/mol. The molecule has 0 aliphatic carbocycles. The third kappa shape index (κ3) is 11.6. The number of thioether (sulfide) groups is 1. The van der Waals surface area contributed by atoms with Gasteiger partial charge in [0.15, 0.2) is 0 Å². The highest BCUT2D eigenvalue weighted by molar-refractivity contribution is 7.99. The minimum absolute atomic E-state index is 0.0149. The molecule has 64 heavy (non-hydrogen) atoms. The molecule has 2 fully saturated rings. The van der Waals surface area contributed by atoms with Crippen LogP contribution in [0.4, 0.5) is 24.5 Å². The summed E-state index contributed by atoms with van der Waals surface area (Å²) in [5.41, 5.74) is -2.70. The van der Waals surface area contributed by atoms with Crippen molar-refractivity contribution < 1.29 is 39.9 Å². The van der Waals surface area contributed by atoms with Crippen molar-refractivity contribution in [3.63, 3.8) is 0 Å². The number of carbonyl (C=O) groups is 1. The van der Waals surface area contributed by atoms with Crippen LogP contribution in [0.1, 0.15) is 41.3 Å². The minimum atomic E-state index is -6.06. The van der Waals surface area contributed by atoms with Crippen LogP contribution in [-0.4, -0.2) is 95.9 Å². The second-order valence-electron chi connectivity index (χ2n) is 15.8. The molecule has 0 spiro atoms. The Balaban J connectivity index is 1.02. The van der Waals surface area contributed by atoms with Crippen LogP contribution in [0, 0.1) is 5.92 Å². The summed E-state index contributed by atoms with van der Waals surface area (Å²) in [5, 5.41) is 18.4. The molecule has 11 nitrogen and oxygen atoms in total. The zero-order chi connectivity index (χ0) is 45.5. The predicted octanol–water partition coefficient (Wildman–Crippen LogP) is 8.24. The number of sulfone groups is 1. The van der Waals surface area contributed by atoms with Gasteiger partial charge in [-0.2, -0.15) is 13.2 Å². The molecule has 1 unspecified atom stereocenters. The summed E-state index contributed by atoms with van der Waals surface area (Å²) in [4.78, 5) is 16.4. The van der Waals surface area contributed by atoms with E-state index >= 15 is 0 Å². The number of alkyl halides is 3. The van der Waals surface area contributed by atoms with Crippen molar-refractivity contribution in [2.24, 2.45) is 5.92 Å². The number of nitrogens with one attached hydrogen (secondary N) is 3. The van der Waals surface area contributed by atoms with Crippen LogP contribution >= 0.6 is 23.4 Å². The van der Waals surface area contributed by atoms with Crippen LogP contribution in [0.25, 0.3) is 11.1 Å². The number of benzene rings is 5. The van der Waals surface area contributed by atoms with Gasteiger partial charge in [0.05, 0.1) is 16.7 Å². The molecule has 4 N–H and O–H groups in total. The molecule has 1 amide bonds. The topological polar surface area (TPSA) is 148 Å². The van der Waals surface area contributed by atoms with Crippen molar-refractivity contribution in [1.82, 2.24) is 14.9 Å². The molecule has 0 radical (unpaired) electrons. The maximum atomic E-state index is 14.2. The van der Waals surface area contributed by atoms with Gasteiger partial charge in [-0.05, 0) is 109 Å². The number of sulfonamides is 1. The first-order valence-corrected chi connectivity index (χ1v) is 25.2. The first-order chi connectivity index (χ1) is 30.6. The average Bonchev–Trinajstić information content (AvgIpc) is 3.30. The summed E-state index contributed by atoms with van der Waals surface area (Å²) in [5.74, 6) is -0.696. The van der Waals surface area contributed by atoms with E-state index in [4.69, 9.17) is 11.6 Å². The average molecular weight is 957 g/mol. The van der Waals surface area contributed by atoms with Gasteiger partial charge in [0.1, 0.15) is 4.90 Å². The van der Waals surface area contributed by atoms with Crippen LogP contribution in [0.3, 0.4) is 0 Å². The zero-order valence-electron chi connectivity index (χ0n) is 34.7. The zero-order valence-corrected chi connectivity index (χ0v) is 37.9. The summed E-state index contributed by atoms with van der Waals surface area (Å²) in [6, 6.07) is 32.7. The second kappa shape index (κ2) is 20.7. The summed E-state index contributed by atoms with van der Waals surface area (Å²) in [6.45, 7) is 4.96. The molecule has 2 heterocycles. The number of halogens is 4. The molecule has 340 valence electrons. The molecule has 2 aliphatic heterocycles. The lowest BCUT2D eigenvalue weighted by atomic mass is 9.84. The van der Waals surface area contributed by atoms with Gasteiger partial charge in [-0.15, -0.1) is 11.8 Å². The standard InChI is InChI=1S/C46H49ClF3N5O6S3/c47-35-14-10-32(11-15-35)40-8-4-5-9-41(40)44(56)33-20-26-55(27-21-33)37-16-12-34(13-17-37)45(57)53-64(60,61)39-18-19-42(43(30-39)63(58,59)46(48,49)50)52-36(22-25-54-28-23-51-24-29-54)31-62-38-6-2-1-3-7-38/h1-19,30,33,36,44,51-52,56H,20-29,31H2,(H,53,57)/t36-,44?/m1/s1. The number of nitrogens with zero attached hydrogens (tertiary/aromatic N) is 2. The Morgan fingerprint density at radius 1 is 0.844 bits per heavy atom. The number of piperazine rings is 1. The molecule has 0 bridgehead atoms. The number of piperidine rings is 1. The Morgan fingerprint density at radius 3 is 2.17 bits per heavy atom. The van der Waals surface area contributed by atoms with Crippen LogP contribution in [0.15, 0.2) is 136 Å². The Morgan fingerprint density at radius 2 is 1.50 bits per heavy atom. The molecular formula is C46H49ClF3N5O6S3. The molecule has 7 rings (SSSR count). The van der Waals surface area contributed by atoms with Crippen molar-refractivity contribution in [3.05, 3.63) is 137 Å². The van der Waals surface area contributed by atoms with Crippen molar-refractivity contribution in [2.75, 3.05) is 61.8 Å². The van der Waals surface area contributed by atoms with E-state index in [9.17, 15) is 39.9 Å².